The Morgan fingerprint density at radius 1 is 1.61 bits per heavy atom. The second-order valence-electron chi connectivity index (χ2n) is 4.79. The van der Waals surface area contributed by atoms with E-state index in [9.17, 15) is 4.79 Å². The molecule has 1 aromatic heterocycles. The summed E-state index contributed by atoms with van der Waals surface area (Å²) < 4.78 is 0. The first kappa shape index (κ1) is 13.0. The molecule has 3 N–H and O–H groups in total. The Morgan fingerprint density at radius 3 is 3.11 bits per heavy atom. The fourth-order valence-corrected chi connectivity index (χ4v) is 2.40. The van der Waals surface area contributed by atoms with Crippen molar-refractivity contribution in [3.63, 3.8) is 0 Å². The Morgan fingerprint density at radius 2 is 2.44 bits per heavy atom. The number of piperazine rings is 1. The lowest BCUT2D eigenvalue weighted by atomic mass is 10.0. The molecule has 18 heavy (non-hydrogen) atoms. The topological polar surface area (TPSA) is 71.2 Å². The molecule has 0 saturated carbocycles. The molecule has 0 spiro atoms. The Bertz CT molecular complexity index is 395. The summed E-state index contributed by atoms with van der Waals surface area (Å²) in [6.45, 7) is 4.14. The molecule has 1 amide bonds. The smallest absolute Gasteiger partial charge is 0.237 e. The molecule has 5 heteroatoms. The molecule has 2 heterocycles. The number of hydrogen-bond acceptors (Lipinski definition) is 4. The van der Waals surface area contributed by atoms with Crippen LogP contribution in [0.3, 0.4) is 0 Å². The van der Waals surface area contributed by atoms with Gasteiger partial charge in [0.1, 0.15) is 0 Å². The van der Waals surface area contributed by atoms with Crippen LogP contribution >= 0.6 is 0 Å². The lowest BCUT2D eigenvalue weighted by Gasteiger charge is -2.38. The van der Waals surface area contributed by atoms with E-state index in [0.29, 0.717) is 13.0 Å². The number of nitrogens with one attached hydrogen (secondary N) is 1. The van der Waals surface area contributed by atoms with Crippen molar-refractivity contribution in [1.29, 1.82) is 0 Å². The van der Waals surface area contributed by atoms with Gasteiger partial charge in [0.25, 0.3) is 0 Å². The lowest BCUT2D eigenvalue weighted by Crippen LogP contribution is -2.59. The number of carbonyl (C=O) groups excluding carboxylic acids is 1. The van der Waals surface area contributed by atoms with Gasteiger partial charge in [-0.05, 0) is 31.5 Å². The molecule has 5 nitrogen and oxygen atoms in total. The average Bonchev–Trinajstić information content (AvgIpc) is 2.35. The Labute approximate surface area is 107 Å². The summed E-state index contributed by atoms with van der Waals surface area (Å²) in [4.78, 5) is 18.3. The normalized spacial score (nSPS) is 24.9. The van der Waals surface area contributed by atoms with Gasteiger partial charge in [-0.15, -0.1) is 0 Å². The zero-order valence-corrected chi connectivity index (χ0v) is 10.7. The molecule has 0 radical (unpaired) electrons. The molecule has 1 saturated heterocycles. The lowest BCUT2D eigenvalue weighted by molar-refractivity contribution is -0.131. The molecule has 98 valence electrons. The highest BCUT2D eigenvalue weighted by molar-refractivity contribution is 5.82. The first-order chi connectivity index (χ1) is 8.70. The molecule has 1 fully saturated rings. The monoisotopic (exact) mass is 248 g/mol. The van der Waals surface area contributed by atoms with Crippen LogP contribution in [-0.4, -0.2) is 41.0 Å². The van der Waals surface area contributed by atoms with Gasteiger partial charge in [-0.25, -0.2) is 0 Å². The summed E-state index contributed by atoms with van der Waals surface area (Å²) in [6.07, 6.45) is 4.29. The molecule has 0 aromatic carbocycles. The highest BCUT2D eigenvalue weighted by Gasteiger charge is 2.31. The molecule has 0 bridgehead atoms. The van der Waals surface area contributed by atoms with Gasteiger partial charge in [0.15, 0.2) is 0 Å². The van der Waals surface area contributed by atoms with E-state index in [0.717, 1.165) is 18.7 Å². The molecular formula is C13H20N4O. The quantitative estimate of drug-likeness (QED) is 0.794. The number of pyridine rings is 1. The van der Waals surface area contributed by atoms with Crippen molar-refractivity contribution in [3.8, 4) is 0 Å². The van der Waals surface area contributed by atoms with Crippen molar-refractivity contribution >= 4 is 5.91 Å². The summed E-state index contributed by atoms with van der Waals surface area (Å²) in [5.41, 5.74) is 6.72. The summed E-state index contributed by atoms with van der Waals surface area (Å²) in [5.74, 6) is 0.0862. The summed E-state index contributed by atoms with van der Waals surface area (Å²) >= 11 is 0. The van der Waals surface area contributed by atoms with E-state index < -0.39 is 0 Å². The number of nitrogens with zero attached hydrogens (tertiary/aromatic N) is 2. The van der Waals surface area contributed by atoms with Crippen molar-refractivity contribution in [3.05, 3.63) is 30.1 Å². The van der Waals surface area contributed by atoms with Crippen LogP contribution in [0.4, 0.5) is 0 Å². The highest BCUT2D eigenvalue weighted by atomic mass is 16.2. The minimum Gasteiger partial charge on any atom is -0.351 e. The second-order valence-corrected chi connectivity index (χ2v) is 4.79. The van der Waals surface area contributed by atoms with Gasteiger partial charge in [0, 0.05) is 31.5 Å². The zero-order chi connectivity index (χ0) is 13.0. The third kappa shape index (κ3) is 3.05. The fourth-order valence-electron chi connectivity index (χ4n) is 2.40. The third-order valence-corrected chi connectivity index (χ3v) is 3.19. The number of hydrogen-bond donors (Lipinski definition) is 2. The van der Waals surface area contributed by atoms with Crippen LogP contribution in [-0.2, 0) is 11.3 Å². The van der Waals surface area contributed by atoms with Gasteiger partial charge >= 0.3 is 0 Å². The molecule has 2 rings (SSSR count). The molecule has 1 aromatic rings. The first-order valence-corrected chi connectivity index (χ1v) is 6.34. The van der Waals surface area contributed by atoms with E-state index >= 15 is 0 Å². The third-order valence-electron chi connectivity index (χ3n) is 3.19. The van der Waals surface area contributed by atoms with Gasteiger partial charge in [0.2, 0.25) is 5.91 Å². The average molecular weight is 248 g/mol. The Balaban J connectivity index is 2.09. The van der Waals surface area contributed by atoms with Crippen LogP contribution in [0.25, 0.3) is 0 Å². The van der Waals surface area contributed by atoms with E-state index in [2.05, 4.69) is 15.2 Å². The number of amides is 1. The Hall–Kier alpha value is -1.46. The minimum absolute atomic E-state index is 0.0862. The van der Waals surface area contributed by atoms with Gasteiger partial charge in [0.05, 0.1) is 6.04 Å². The van der Waals surface area contributed by atoms with Gasteiger partial charge in [-0.1, -0.05) is 6.07 Å². The highest BCUT2D eigenvalue weighted by Crippen LogP contribution is 2.15. The maximum atomic E-state index is 12.0. The number of rotatable bonds is 4. The maximum Gasteiger partial charge on any atom is 0.237 e. The van der Waals surface area contributed by atoms with Crippen molar-refractivity contribution in [2.75, 3.05) is 13.1 Å². The fraction of sp³-hybridized carbons (Fsp3) is 0.538. The van der Waals surface area contributed by atoms with Crippen LogP contribution in [0.2, 0.25) is 0 Å². The first-order valence-electron chi connectivity index (χ1n) is 6.34. The van der Waals surface area contributed by atoms with E-state index in [4.69, 9.17) is 5.73 Å². The number of nitrogens with two attached hydrogens (primary N) is 1. The Kier molecular flexibility index (Phi) is 4.28. The van der Waals surface area contributed by atoms with Crippen LogP contribution in [0.15, 0.2) is 24.5 Å². The SMILES string of the molecule is CC1CN(Cc2cccnc2)C(CCN)C(=O)N1. The molecular weight excluding hydrogens is 228 g/mol. The summed E-state index contributed by atoms with van der Waals surface area (Å²) in [7, 11) is 0. The number of aromatic nitrogens is 1. The number of carbonyl (C=O) groups is 1. The van der Waals surface area contributed by atoms with Crippen LogP contribution in [0.1, 0.15) is 18.9 Å². The van der Waals surface area contributed by atoms with Crippen LogP contribution in [0, 0.1) is 0 Å². The predicted octanol–water partition coefficient (Wildman–Crippen LogP) is 0.119. The largest absolute Gasteiger partial charge is 0.351 e. The van der Waals surface area contributed by atoms with E-state index in [-0.39, 0.29) is 18.0 Å². The van der Waals surface area contributed by atoms with Gasteiger partial charge in [-0.3, -0.25) is 14.7 Å². The second kappa shape index (κ2) is 5.93. The molecule has 2 unspecified atom stereocenters. The van der Waals surface area contributed by atoms with E-state index in [1.807, 2.05) is 25.3 Å². The molecule has 2 atom stereocenters. The van der Waals surface area contributed by atoms with Gasteiger partial charge in [-0.2, -0.15) is 0 Å². The molecule has 1 aliphatic heterocycles. The predicted molar refractivity (Wildman–Crippen MR) is 69.7 cm³/mol. The summed E-state index contributed by atoms with van der Waals surface area (Å²) in [5, 5.41) is 2.98. The van der Waals surface area contributed by atoms with Crippen molar-refractivity contribution in [2.45, 2.75) is 32.0 Å². The minimum atomic E-state index is -0.119. The standard InChI is InChI=1S/C13H20N4O/c1-10-8-17(9-11-3-2-6-15-7-11)12(4-5-14)13(18)16-10/h2-3,6-7,10,12H,4-5,8-9,14H2,1H3,(H,16,18). The van der Waals surface area contributed by atoms with Crippen LogP contribution in [0.5, 0.6) is 0 Å². The zero-order valence-electron chi connectivity index (χ0n) is 10.7. The summed E-state index contributed by atoms with van der Waals surface area (Å²) in [6, 6.07) is 4.01. The van der Waals surface area contributed by atoms with Crippen LogP contribution < -0.4 is 11.1 Å². The van der Waals surface area contributed by atoms with E-state index in [1.165, 1.54) is 0 Å². The van der Waals surface area contributed by atoms with Crippen molar-refractivity contribution in [2.24, 2.45) is 5.73 Å². The molecule has 1 aliphatic rings. The van der Waals surface area contributed by atoms with E-state index in [1.54, 1.807) is 6.20 Å². The molecule has 0 aliphatic carbocycles. The van der Waals surface area contributed by atoms with Crippen molar-refractivity contribution < 1.29 is 4.79 Å². The maximum absolute atomic E-state index is 12.0. The van der Waals surface area contributed by atoms with Crippen molar-refractivity contribution in [1.82, 2.24) is 15.2 Å². The van der Waals surface area contributed by atoms with Gasteiger partial charge < -0.3 is 11.1 Å².